The van der Waals surface area contributed by atoms with Crippen molar-refractivity contribution in [3.63, 3.8) is 0 Å². The van der Waals surface area contributed by atoms with E-state index in [0.29, 0.717) is 17.2 Å². The maximum Gasteiger partial charge on any atom is 0.308 e. The molecular formula is C26H21N3O6. The zero-order chi connectivity index (χ0) is 24.3. The predicted octanol–water partition coefficient (Wildman–Crippen LogP) is 2.69. The first kappa shape index (κ1) is 21.4. The summed E-state index contributed by atoms with van der Waals surface area (Å²) in [5.41, 5.74) is 2.13. The number of amides is 2. The molecule has 9 nitrogen and oxygen atoms in total. The number of ether oxygens (including phenoxy) is 2. The van der Waals surface area contributed by atoms with Gasteiger partial charge in [0.15, 0.2) is 6.61 Å². The molecule has 2 amide bonds. The van der Waals surface area contributed by atoms with Crippen LogP contribution in [-0.2, 0) is 19.2 Å². The average molecular weight is 471 g/mol. The van der Waals surface area contributed by atoms with E-state index in [1.54, 1.807) is 36.4 Å². The zero-order valence-electron chi connectivity index (χ0n) is 18.8. The molecule has 4 aliphatic rings. The minimum Gasteiger partial charge on any atom is -0.479 e. The fourth-order valence-corrected chi connectivity index (χ4v) is 6.29. The Morgan fingerprint density at radius 3 is 2.34 bits per heavy atom. The Bertz CT molecular complexity index is 1300. The van der Waals surface area contributed by atoms with Crippen molar-refractivity contribution in [2.45, 2.75) is 19.4 Å². The molecule has 0 unspecified atom stereocenters. The molecule has 3 fully saturated rings. The second kappa shape index (κ2) is 7.94. The summed E-state index contributed by atoms with van der Waals surface area (Å²) < 4.78 is 10.4. The quantitative estimate of drug-likeness (QED) is 0.374. The number of hydrogen-bond donors (Lipinski definition) is 0. The summed E-state index contributed by atoms with van der Waals surface area (Å²) in [6.07, 6.45) is 0.526. The molecule has 0 radical (unpaired) electrons. The van der Waals surface area contributed by atoms with Crippen LogP contribution in [0, 0.1) is 40.9 Å². The van der Waals surface area contributed by atoms with Crippen molar-refractivity contribution in [1.29, 1.82) is 5.26 Å². The molecule has 2 aliphatic carbocycles. The monoisotopic (exact) mass is 471 g/mol. The van der Waals surface area contributed by atoms with Crippen LogP contribution in [0.15, 0.2) is 53.7 Å². The molecule has 2 aromatic carbocycles. The van der Waals surface area contributed by atoms with Gasteiger partial charge in [-0.2, -0.15) is 5.26 Å². The summed E-state index contributed by atoms with van der Waals surface area (Å²) in [6.45, 7) is 1.28. The highest BCUT2D eigenvalue weighted by Crippen LogP contribution is 2.62. The Labute approximate surface area is 200 Å². The van der Waals surface area contributed by atoms with Crippen LogP contribution in [-0.4, -0.2) is 36.2 Å². The first-order valence-corrected chi connectivity index (χ1v) is 11.5. The minimum atomic E-state index is -0.439. The number of fused-ring (bicyclic) bond motifs is 8. The SMILES string of the molecule is CC(=O)Oc1ccc(N2C(=O)[C@@H]3[C@H]4C[C@H]([C@@H]5ON=C(c6ccc(OCC#N)cc6)[C@H]45)[C@@H]3C2=O)cc1. The van der Waals surface area contributed by atoms with Gasteiger partial charge in [-0.3, -0.25) is 19.3 Å². The zero-order valence-corrected chi connectivity index (χ0v) is 18.8. The van der Waals surface area contributed by atoms with Gasteiger partial charge in [0.05, 0.1) is 23.2 Å². The smallest absolute Gasteiger partial charge is 0.308 e. The van der Waals surface area contributed by atoms with E-state index in [1.807, 2.05) is 18.2 Å². The number of hydrogen-bond acceptors (Lipinski definition) is 8. The van der Waals surface area contributed by atoms with Crippen molar-refractivity contribution in [1.82, 2.24) is 0 Å². The molecule has 1 saturated heterocycles. The van der Waals surface area contributed by atoms with E-state index in [9.17, 15) is 14.4 Å². The molecule has 0 spiro atoms. The first-order chi connectivity index (χ1) is 17.0. The Kier molecular flexibility index (Phi) is 4.85. The molecule has 35 heavy (non-hydrogen) atoms. The fourth-order valence-electron chi connectivity index (χ4n) is 6.29. The van der Waals surface area contributed by atoms with E-state index in [1.165, 1.54) is 11.8 Å². The molecule has 2 bridgehead atoms. The highest BCUT2D eigenvalue weighted by molar-refractivity contribution is 6.23. The summed E-state index contributed by atoms with van der Waals surface area (Å²) in [7, 11) is 0. The highest BCUT2D eigenvalue weighted by atomic mass is 16.6. The number of carbonyl (C=O) groups is 3. The summed E-state index contributed by atoms with van der Waals surface area (Å²) in [5.74, 6) is -0.894. The molecule has 2 aromatic rings. The highest BCUT2D eigenvalue weighted by Gasteiger charge is 2.70. The second-order valence-corrected chi connectivity index (χ2v) is 9.26. The van der Waals surface area contributed by atoms with E-state index < -0.39 is 17.8 Å². The van der Waals surface area contributed by atoms with Crippen molar-refractivity contribution >= 4 is 29.2 Å². The van der Waals surface area contributed by atoms with Gasteiger partial charge in [0.2, 0.25) is 11.8 Å². The van der Waals surface area contributed by atoms with Crippen LogP contribution in [0.25, 0.3) is 0 Å². The first-order valence-electron chi connectivity index (χ1n) is 11.5. The number of carbonyl (C=O) groups excluding carboxylic acids is 3. The van der Waals surface area contributed by atoms with Gasteiger partial charge in [-0.15, -0.1) is 0 Å². The number of imide groups is 1. The molecule has 176 valence electrons. The van der Waals surface area contributed by atoms with Crippen molar-refractivity contribution in [2.75, 3.05) is 11.5 Å². The topological polar surface area (TPSA) is 118 Å². The largest absolute Gasteiger partial charge is 0.479 e. The standard InChI is InChI=1S/C26H21N3O6/c1-13(30)34-17-8-4-15(5-9-17)29-25(31)20-18-12-19(21(20)26(29)32)24-22(18)23(28-35-24)14-2-6-16(7-3-14)33-11-10-27/h2-9,18-22,24H,11-12H2,1H3/t18-,19+,20-,21+,22+,24+/m1/s1. The van der Waals surface area contributed by atoms with Crippen LogP contribution in [0.1, 0.15) is 18.9 Å². The van der Waals surface area contributed by atoms with Crippen LogP contribution in [0.5, 0.6) is 11.5 Å². The summed E-state index contributed by atoms with van der Waals surface area (Å²) in [6, 6.07) is 15.6. The van der Waals surface area contributed by atoms with Crippen LogP contribution in [0.4, 0.5) is 5.69 Å². The van der Waals surface area contributed by atoms with Crippen molar-refractivity contribution < 1.29 is 28.7 Å². The second-order valence-electron chi connectivity index (χ2n) is 9.26. The number of esters is 1. The Hall–Kier alpha value is -4.19. The van der Waals surface area contributed by atoms with Crippen LogP contribution in [0.2, 0.25) is 0 Å². The van der Waals surface area contributed by atoms with Crippen LogP contribution < -0.4 is 14.4 Å². The Morgan fingerprint density at radius 1 is 1.03 bits per heavy atom. The maximum absolute atomic E-state index is 13.5. The van der Waals surface area contributed by atoms with E-state index in [0.717, 1.165) is 17.7 Å². The molecule has 0 aromatic heterocycles. The third-order valence-electron chi connectivity index (χ3n) is 7.50. The van der Waals surface area contributed by atoms with Crippen molar-refractivity contribution in [3.05, 3.63) is 54.1 Å². The number of anilines is 1. The lowest BCUT2D eigenvalue weighted by Crippen LogP contribution is -2.41. The predicted molar refractivity (Wildman–Crippen MR) is 121 cm³/mol. The average Bonchev–Trinajstić information content (AvgIpc) is 3.59. The number of nitriles is 1. The minimum absolute atomic E-state index is 0.0277. The van der Waals surface area contributed by atoms with Crippen LogP contribution in [0.3, 0.4) is 0 Å². The lowest BCUT2D eigenvalue weighted by Gasteiger charge is -2.29. The summed E-state index contributed by atoms with van der Waals surface area (Å²) in [5, 5.41) is 13.0. The van der Waals surface area contributed by atoms with E-state index in [-0.39, 0.29) is 42.3 Å². The summed E-state index contributed by atoms with van der Waals surface area (Å²) >= 11 is 0. The molecule has 6 rings (SSSR count). The van der Waals surface area contributed by atoms with Gasteiger partial charge in [0.1, 0.15) is 23.7 Å². The normalized spacial score (nSPS) is 29.8. The molecule has 2 aliphatic heterocycles. The van der Waals surface area contributed by atoms with Gasteiger partial charge in [0.25, 0.3) is 0 Å². The van der Waals surface area contributed by atoms with Crippen LogP contribution >= 0.6 is 0 Å². The molecule has 2 saturated carbocycles. The van der Waals surface area contributed by atoms with Crippen molar-refractivity contribution in [3.8, 4) is 17.6 Å². The Morgan fingerprint density at radius 2 is 1.69 bits per heavy atom. The molecular weight excluding hydrogens is 450 g/mol. The Balaban J connectivity index is 1.24. The molecule has 6 atom stereocenters. The fraction of sp³-hybridized carbons (Fsp3) is 0.346. The van der Waals surface area contributed by atoms with Gasteiger partial charge in [-0.1, -0.05) is 5.16 Å². The molecule has 0 N–H and O–H groups in total. The van der Waals surface area contributed by atoms with Gasteiger partial charge in [-0.05, 0) is 60.9 Å². The number of nitrogens with zero attached hydrogens (tertiary/aromatic N) is 3. The lowest BCUT2D eigenvalue weighted by atomic mass is 9.71. The molecule has 9 heteroatoms. The lowest BCUT2D eigenvalue weighted by molar-refractivity contribution is -0.132. The number of benzene rings is 2. The van der Waals surface area contributed by atoms with E-state index in [2.05, 4.69) is 5.16 Å². The third kappa shape index (κ3) is 3.21. The van der Waals surface area contributed by atoms with Gasteiger partial charge >= 0.3 is 5.97 Å². The van der Waals surface area contributed by atoms with Gasteiger partial charge in [0, 0.05) is 24.3 Å². The maximum atomic E-state index is 13.5. The molecule has 2 heterocycles. The van der Waals surface area contributed by atoms with E-state index >= 15 is 0 Å². The number of oxime groups is 1. The third-order valence-corrected chi connectivity index (χ3v) is 7.50. The summed E-state index contributed by atoms with van der Waals surface area (Å²) in [4.78, 5) is 45.2. The number of rotatable bonds is 5. The van der Waals surface area contributed by atoms with Crippen molar-refractivity contribution in [2.24, 2.45) is 34.7 Å². The van der Waals surface area contributed by atoms with E-state index in [4.69, 9.17) is 19.6 Å². The van der Waals surface area contributed by atoms with Gasteiger partial charge in [-0.25, -0.2) is 0 Å². The van der Waals surface area contributed by atoms with Gasteiger partial charge < -0.3 is 14.3 Å².